The lowest BCUT2D eigenvalue weighted by Crippen LogP contribution is -2.42. The second-order valence-electron chi connectivity index (χ2n) is 6.69. The lowest BCUT2D eigenvalue weighted by Gasteiger charge is -2.24. The summed E-state index contributed by atoms with van der Waals surface area (Å²) in [6.45, 7) is 2.85. The number of halogens is 1. The first-order valence-corrected chi connectivity index (χ1v) is 9.09. The van der Waals surface area contributed by atoms with E-state index in [4.69, 9.17) is 9.47 Å². The van der Waals surface area contributed by atoms with Crippen LogP contribution in [0.25, 0.3) is 0 Å². The molecular formula is C19H25FN2O4. The standard InChI is InChI=1S/C19H25FN2O4/c1-25-16-6-5-15(20)12-14(16)13-18(23)21-7-3-8-22(10-9-21)19(24)17-4-2-11-26-17/h5-6,12,17H,2-4,7-11,13H2,1H3. The maximum absolute atomic E-state index is 13.5. The number of carbonyl (C=O) groups excluding carboxylic acids is 2. The van der Waals surface area contributed by atoms with Gasteiger partial charge in [0.2, 0.25) is 5.91 Å². The first kappa shape index (κ1) is 18.6. The molecule has 1 atom stereocenters. The molecule has 0 radical (unpaired) electrons. The average Bonchev–Trinajstić information content (AvgIpc) is 3.05. The van der Waals surface area contributed by atoms with E-state index in [9.17, 15) is 14.0 Å². The first-order valence-electron chi connectivity index (χ1n) is 9.09. The van der Waals surface area contributed by atoms with Gasteiger partial charge in [-0.25, -0.2) is 4.39 Å². The molecule has 2 aliphatic heterocycles. The molecule has 142 valence electrons. The van der Waals surface area contributed by atoms with Crippen LogP contribution in [0.5, 0.6) is 5.75 Å². The fourth-order valence-electron chi connectivity index (χ4n) is 3.52. The molecule has 0 N–H and O–H groups in total. The predicted molar refractivity (Wildman–Crippen MR) is 93.4 cm³/mol. The minimum Gasteiger partial charge on any atom is -0.496 e. The highest BCUT2D eigenvalue weighted by atomic mass is 19.1. The summed E-state index contributed by atoms with van der Waals surface area (Å²) in [5.74, 6) is 0.0616. The third-order valence-electron chi connectivity index (χ3n) is 4.95. The first-order chi connectivity index (χ1) is 12.6. The van der Waals surface area contributed by atoms with Crippen LogP contribution < -0.4 is 4.74 Å². The molecule has 1 aromatic carbocycles. The molecule has 2 saturated heterocycles. The molecule has 0 aliphatic carbocycles. The van der Waals surface area contributed by atoms with Gasteiger partial charge >= 0.3 is 0 Å². The van der Waals surface area contributed by atoms with E-state index in [1.54, 1.807) is 9.80 Å². The van der Waals surface area contributed by atoms with Gasteiger partial charge < -0.3 is 19.3 Å². The summed E-state index contributed by atoms with van der Waals surface area (Å²) in [6.07, 6.45) is 2.18. The third kappa shape index (κ3) is 4.33. The van der Waals surface area contributed by atoms with Crippen molar-refractivity contribution in [3.05, 3.63) is 29.6 Å². The maximum Gasteiger partial charge on any atom is 0.251 e. The highest BCUT2D eigenvalue weighted by Gasteiger charge is 2.30. The van der Waals surface area contributed by atoms with Crippen LogP contribution in [0.1, 0.15) is 24.8 Å². The van der Waals surface area contributed by atoms with E-state index in [-0.39, 0.29) is 24.3 Å². The highest BCUT2D eigenvalue weighted by Crippen LogP contribution is 2.21. The normalized spacial score (nSPS) is 20.8. The van der Waals surface area contributed by atoms with Crippen molar-refractivity contribution in [1.82, 2.24) is 9.80 Å². The largest absolute Gasteiger partial charge is 0.496 e. The van der Waals surface area contributed by atoms with Crippen molar-refractivity contribution < 1.29 is 23.5 Å². The Labute approximate surface area is 152 Å². The van der Waals surface area contributed by atoms with Gasteiger partial charge in [-0.15, -0.1) is 0 Å². The number of amides is 2. The van der Waals surface area contributed by atoms with Crippen LogP contribution >= 0.6 is 0 Å². The summed E-state index contributed by atoms with van der Waals surface area (Å²) in [5.41, 5.74) is 0.536. The predicted octanol–water partition coefficient (Wildman–Crippen LogP) is 1.62. The van der Waals surface area contributed by atoms with Gasteiger partial charge in [0.25, 0.3) is 5.91 Å². The molecule has 0 spiro atoms. The molecule has 7 heteroatoms. The van der Waals surface area contributed by atoms with Gasteiger partial charge in [-0.2, -0.15) is 0 Å². The lowest BCUT2D eigenvalue weighted by atomic mass is 10.1. The van der Waals surface area contributed by atoms with Crippen LogP contribution in [0.3, 0.4) is 0 Å². The minimum atomic E-state index is -0.391. The lowest BCUT2D eigenvalue weighted by molar-refractivity contribution is -0.141. The van der Waals surface area contributed by atoms with Gasteiger partial charge in [0.1, 0.15) is 17.7 Å². The summed E-state index contributed by atoms with van der Waals surface area (Å²) in [5, 5.41) is 0. The number of carbonyl (C=O) groups is 2. The fourth-order valence-corrected chi connectivity index (χ4v) is 3.52. The molecule has 0 bridgehead atoms. The van der Waals surface area contributed by atoms with E-state index in [0.29, 0.717) is 44.1 Å². The molecule has 26 heavy (non-hydrogen) atoms. The van der Waals surface area contributed by atoms with Gasteiger partial charge in [-0.3, -0.25) is 9.59 Å². The summed E-state index contributed by atoms with van der Waals surface area (Å²) < 4.78 is 24.2. The molecule has 2 amide bonds. The summed E-state index contributed by atoms with van der Waals surface area (Å²) in [4.78, 5) is 28.7. The van der Waals surface area contributed by atoms with Gasteiger partial charge in [0, 0.05) is 38.3 Å². The van der Waals surface area contributed by atoms with E-state index >= 15 is 0 Å². The third-order valence-corrected chi connectivity index (χ3v) is 4.95. The second-order valence-corrected chi connectivity index (χ2v) is 6.69. The Hall–Kier alpha value is -2.15. The van der Waals surface area contributed by atoms with Crippen molar-refractivity contribution in [3.63, 3.8) is 0 Å². The van der Waals surface area contributed by atoms with Crippen molar-refractivity contribution in [2.24, 2.45) is 0 Å². The van der Waals surface area contributed by atoms with Crippen molar-refractivity contribution in [3.8, 4) is 5.75 Å². The van der Waals surface area contributed by atoms with E-state index in [0.717, 1.165) is 19.3 Å². The van der Waals surface area contributed by atoms with Crippen molar-refractivity contribution >= 4 is 11.8 Å². The van der Waals surface area contributed by atoms with E-state index in [1.807, 2.05) is 0 Å². The second kappa shape index (κ2) is 8.49. The Kier molecular flexibility index (Phi) is 6.08. The quantitative estimate of drug-likeness (QED) is 0.815. The van der Waals surface area contributed by atoms with E-state index < -0.39 is 5.82 Å². The zero-order chi connectivity index (χ0) is 18.5. The number of rotatable bonds is 4. The number of methoxy groups -OCH3 is 1. The van der Waals surface area contributed by atoms with E-state index in [2.05, 4.69) is 0 Å². The van der Waals surface area contributed by atoms with Crippen molar-refractivity contribution in [2.45, 2.75) is 31.8 Å². The smallest absolute Gasteiger partial charge is 0.251 e. The number of benzene rings is 1. The number of ether oxygens (including phenoxy) is 2. The maximum atomic E-state index is 13.5. The number of hydrogen-bond donors (Lipinski definition) is 0. The molecule has 2 aliphatic rings. The van der Waals surface area contributed by atoms with Crippen LogP contribution in [0, 0.1) is 5.82 Å². The molecule has 1 aromatic rings. The highest BCUT2D eigenvalue weighted by molar-refractivity contribution is 5.82. The Balaban J connectivity index is 1.59. The summed E-state index contributed by atoms with van der Waals surface area (Å²) >= 11 is 0. The summed E-state index contributed by atoms with van der Waals surface area (Å²) in [7, 11) is 1.50. The number of hydrogen-bond acceptors (Lipinski definition) is 4. The van der Waals surface area contributed by atoms with Crippen LogP contribution in [-0.4, -0.2) is 67.6 Å². The molecule has 2 fully saturated rings. The van der Waals surface area contributed by atoms with Crippen LogP contribution in [-0.2, 0) is 20.7 Å². The van der Waals surface area contributed by atoms with Crippen molar-refractivity contribution in [2.75, 3.05) is 39.9 Å². The van der Waals surface area contributed by atoms with Gasteiger partial charge in [-0.05, 0) is 37.5 Å². The summed E-state index contributed by atoms with van der Waals surface area (Å²) in [6, 6.07) is 4.18. The molecule has 6 nitrogen and oxygen atoms in total. The zero-order valence-corrected chi connectivity index (χ0v) is 15.1. The molecule has 1 unspecified atom stereocenters. The average molecular weight is 364 g/mol. The molecule has 0 saturated carbocycles. The van der Waals surface area contributed by atoms with Crippen LogP contribution in [0.4, 0.5) is 4.39 Å². The topological polar surface area (TPSA) is 59.1 Å². The number of nitrogens with zero attached hydrogens (tertiary/aromatic N) is 2. The van der Waals surface area contributed by atoms with Crippen LogP contribution in [0.2, 0.25) is 0 Å². The van der Waals surface area contributed by atoms with Gasteiger partial charge in [0.15, 0.2) is 0 Å². The van der Waals surface area contributed by atoms with Gasteiger partial charge in [-0.1, -0.05) is 0 Å². The monoisotopic (exact) mass is 364 g/mol. The van der Waals surface area contributed by atoms with E-state index in [1.165, 1.54) is 25.3 Å². The Morgan fingerprint density at radius 2 is 1.96 bits per heavy atom. The Bertz CT molecular complexity index is 661. The van der Waals surface area contributed by atoms with Gasteiger partial charge in [0.05, 0.1) is 13.5 Å². The zero-order valence-electron chi connectivity index (χ0n) is 15.1. The van der Waals surface area contributed by atoms with Crippen LogP contribution in [0.15, 0.2) is 18.2 Å². The minimum absolute atomic E-state index is 0.0311. The molecule has 3 rings (SSSR count). The SMILES string of the molecule is COc1ccc(F)cc1CC(=O)N1CCCN(C(=O)C2CCCO2)CC1. The molecule has 2 heterocycles. The Morgan fingerprint density at radius 1 is 1.19 bits per heavy atom. The Morgan fingerprint density at radius 3 is 2.69 bits per heavy atom. The molecule has 0 aromatic heterocycles. The molecular weight excluding hydrogens is 339 g/mol. The van der Waals surface area contributed by atoms with Crippen molar-refractivity contribution in [1.29, 1.82) is 0 Å². The fraction of sp³-hybridized carbons (Fsp3) is 0.579.